The molecule has 1 aliphatic rings. The molecule has 2 heterocycles. The Balaban J connectivity index is 1.43. The summed E-state index contributed by atoms with van der Waals surface area (Å²) in [4.78, 5) is 22.0. The highest BCUT2D eigenvalue weighted by Gasteiger charge is 2.16. The van der Waals surface area contributed by atoms with Gasteiger partial charge in [-0.3, -0.25) is 4.79 Å². The van der Waals surface area contributed by atoms with E-state index in [0.29, 0.717) is 19.0 Å². The Kier molecular flexibility index (Phi) is 5.63. The molecule has 2 aromatic heterocycles. The number of carbonyl (C=O) groups excluding carboxylic acids is 1. The zero-order chi connectivity index (χ0) is 18.5. The van der Waals surface area contributed by atoms with Crippen LogP contribution in [0.4, 0.5) is 5.82 Å². The zero-order valence-electron chi connectivity index (χ0n) is 15.3. The summed E-state index contributed by atoms with van der Waals surface area (Å²) in [7, 11) is 0. The number of anilines is 1. The van der Waals surface area contributed by atoms with Gasteiger partial charge in [0.25, 0.3) is 0 Å². The van der Waals surface area contributed by atoms with Gasteiger partial charge in [-0.25, -0.2) is 9.97 Å². The van der Waals surface area contributed by atoms with Crippen molar-refractivity contribution in [1.29, 1.82) is 0 Å². The lowest BCUT2D eigenvalue weighted by molar-refractivity contribution is -0.121. The van der Waals surface area contributed by atoms with Crippen molar-refractivity contribution in [2.45, 2.75) is 44.6 Å². The fraction of sp³-hybridized carbons (Fsp3) is 0.381. The number of hydrogen-bond donors (Lipinski definition) is 2. The summed E-state index contributed by atoms with van der Waals surface area (Å²) in [6.07, 6.45) is 8.00. The third-order valence-electron chi connectivity index (χ3n) is 5.07. The Morgan fingerprint density at radius 3 is 2.74 bits per heavy atom. The maximum Gasteiger partial charge on any atom is 0.221 e. The number of nitrogens with zero attached hydrogens (tertiary/aromatic N) is 2. The van der Waals surface area contributed by atoms with E-state index in [2.05, 4.69) is 38.1 Å². The van der Waals surface area contributed by atoms with Crippen LogP contribution in [0.1, 0.15) is 38.5 Å². The molecule has 0 atom stereocenters. The first-order chi connectivity index (χ1) is 13.3. The average Bonchev–Trinajstić information content (AvgIpc) is 3.14. The van der Waals surface area contributed by atoms with Crippen LogP contribution < -0.4 is 10.6 Å². The van der Waals surface area contributed by atoms with Gasteiger partial charge >= 0.3 is 0 Å². The Morgan fingerprint density at radius 2 is 1.93 bits per heavy atom. The Labute approximate surface area is 163 Å². The van der Waals surface area contributed by atoms with E-state index in [1.165, 1.54) is 19.3 Å². The van der Waals surface area contributed by atoms with Crippen molar-refractivity contribution in [3.63, 3.8) is 0 Å². The van der Waals surface area contributed by atoms with Gasteiger partial charge in [0.15, 0.2) is 0 Å². The lowest BCUT2D eigenvalue weighted by atomic mass is 9.95. The molecule has 1 amide bonds. The lowest BCUT2D eigenvalue weighted by Crippen LogP contribution is -2.36. The third-order valence-corrected chi connectivity index (χ3v) is 5.96. The highest BCUT2D eigenvalue weighted by Crippen LogP contribution is 2.36. The van der Waals surface area contributed by atoms with Crippen molar-refractivity contribution >= 4 is 33.3 Å². The van der Waals surface area contributed by atoms with Crippen LogP contribution in [0.5, 0.6) is 0 Å². The Hall–Kier alpha value is -2.47. The SMILES string of the molecule is O=C(CCNc1ncnc2scc(-c3ccccc3)c12)NC1CCCCC1. The lowest BCUT2D eigenvalue weighted by Gasteiger charge is -2.22. The van der Waals surface area contributed by atoms with Gasteiger partial charge < -0.3 is 10.6 Å². The standard InChI is InChI=1S/C21H24N4OS/c26-18(25-16-9-5-2-6-10-16)11-12-22-20-19-17(15-7-3-1-4-8-15)13-27-21(19)24-14-23-20/h1,3-4,7-8,13-14,16H,2,5-6,9-12H2,(H,25,26)(H,22,23,24). The molecule has 6 heteroatoms. The number of hydrogen-bond acceptors (Lipinski definition) is 5. The molecule has 0 saturated heterocycles. The number of carbonyl (C=O) groups is 1. The van der Waals surface area contributed by atoms with E-state index in [1.54, 1.807) is 17.7 Å². The van der Waals surface area contributed by atoms with E-state index in [0.717, 1.165) is 40.0 Å². The number of fused-ring (bicyclic) bond motifs is 1. The van der Waals surface area contributed by atoms with Gasteiger partial charge in [0.1, 0.15) is 17.0 Å². The van der Waals surface area contributed by atoms with Gasteiger partial charge in [0.2, 0.25) is 5.91 Å². The maximum absolute atomic E-state index is 12.2. The van der Waals surface area contributed by atoms with Crippen molar-refractivity contribution in [2.75, 3.05) is 11.9 Å². The molecule has 1 aromatic carbocycles. The van der Waals surface area contributed by atoms with Crippen LogP contribution in [-0.2, 0) is 4.79 Å². The highest BCUT2D eigenvalue weighted by molar-refractivity contribution is 7.17. The van der Waals surface area contributed by atoms with E-state index < -0.39 is 0 Å². The molecule has 1 saturated carbocycles. The van der Waals surface area contributed by atoms with Crippen LogP contribution in [0.2, 0.25) is 0 Å². The van der Waals surface area contributed by atoms with Crippen LogP contribution in [0.25, 0.3) is 21.3 Å². The average molecular weight is 381 g/mol. The van der Waals surface area contributed by atoms with E-state index in [-0.39, 0.29) is 5.91 Å². The molecule has 0 bridgehead atoms. The second-order valence-electron chi connectivity index (χ2n) is 7.00. The van der Waals surface area contributed by atoms with Gasteiger partial charge in [0.05, 0.1) is 5.39 Å². The molecule has 0 unspecified atom stereocenters. The van der Waals surface area contributed by atoms with Crippen LogP contribution in [0, 0.1) is 0 Å². The Morgan fingerprint density at radius 1 is 1.11 bits per heavy atom. The first-order valence-electron chi connectivity index (χ1n) is 9.62. The van der Waals surface area contributed by atoms with Gasteiger partial charge in [-0.05, 0) is 18.4 Å². The van der Waals surface area contributed by atoms with E-state index >= 15 is 0 Å². The minimum atomic E-state index is 0.119. The third kappa shape index (κ3) is 4.27. The van der Waals surface area contributed by atoms with Gasteiger partial charge in [-0.2, -0.15) is 0 Å². The molecular weight excluding hydrogens is 356 g/mol. The summed E-state index contributed by atoms with van der Waals surface area (Å²) in [5.74, 6) is 0.916. The number of amides is 1. The number of aromatic nitrogens is 2. The molecule has 2 N–H and O–H groups in total. The fourth-order valence-corrected chi connectivity index (χ4v) is 4.60. The summed E-state index contributed by atoms with van der Waals surface area (Å²) in [5, 5.41) is 9.66. The highest BCUT2D eigenvalue weighted by atomic mass is 32.1. The topological polar surface area (TPSA) is 66.9 Å². The molecule has 0 spiro atoms. The molecule has 4 rings (SSSR count). The van der Waals surface area contributed by atoms with E-state index in [1.807, 2.05) is 18.2 Å². The molecule has 3 aromatic rings. The van der Waals surface area contributed by atoms with Crippen LogP contribution in [0.15, 0.2) is 42.0 Å². The van der Waals surface area contributed by atoms with Crippen molar-refractivity contribution in [3.8, 4) is 11.1 Å². The van der Waals surface area contributed by atoms with Gasteiger partial charge in [-0.1, -0.05) is 49.6 Å². The second-order valence-corrected chi connectivity index (χ2v) is 7.86. The van der Waals surface area contributed by atoms with Crippen LogP contribution in [-0.4, -0.2) is 28.5 Å². The predicted molar refractivity (Wildman–Crippen MR) is 111 cm³/mol. The summed E-state index contributed by atoms with van der Waals surface area (Å²) in [5.41, 5.74) is 2.28. The first kappa shape index (κ1) is 17.9. The summed E-state index contributed by atoms with van der Waals surface area (Å²) < 4.78 is 0. The molecular formula is C21H24N4OS. The first-order valence-corrected chi connectivity index (χ1v) is 10.5. The summed E-state index contributed by atoms with van der Waals surface area (Å²) >= 11 is 1.62. The monoisotopic (exact) mass is 380 g/mol. The van der Waals surface area contributed by atoms with Crippen LogP contribution >= 0.6 is 11.3 Å². The zero-order valence-corrected chi connectivity index (χ0v) is 16.1. The predicted octanol–water partition coefficient (Wildman–Crippen LogP) is 4.61. The molecule has 140 valence electrons. The van der Waals surface area contributed by atoms with E-state index in [9.17, 15) is 4.79 Å². The van der Waals surface area contributed by atoms with Gasteiger partial charge in [0, 0.05) is 30.0 Å². The molecule has 27 heavy (non-hydrogen) atoms. The molecule has 0 aliphatic heterocycles. The Bertz CT molecular complexity index is 903. The van der Waals surface area contributed by atoms with Crippen molar-refractivity contribution < 1.29 is 4.79 Å². The number of nitrogens with one attached hydrogen (secondary N) is 2. The van der Waals surface area contributed by atoms with Crippen molar-refractivity contribution in [2.24, 2.45) is 0 Å². The quantitative estimate of drug-likeness (QED) is 0.655. The summed E-state index contributed by atoms with van der Waals surface area (Å²) in [6.45, 7) is 0.564. The molecule has 5 nitrogen and oxygen atoms in total. The number of thiophene rings is 1. The second kappa shape index (κ2) is 8.48. The summed E-state index contributed by atoms with van der Waals surface area (Å²) in [6, 6.07) is 10.6. The molecule has 1 aliphatic carbocycles. The number of benzene rings is 1. The van der Waals surface area contributed by atoms with E-state index in [4.69, 9.17) is 0 Å². The van der Waals surface area contributed by atoms with Crippen molar-refractivity contribution in [3.05, 3.63) is 42.0 Å². The fourth-order valence-electron chi connectivity index (χ4n) is 3.68. The van der Waals surface area contributed by atoms with Crippen LogP contribution in [0.3, 0.4) is 0 Å². The smallest absolute Gasteiger partial charge is 0.221 e. The van der Waals surface area contributed by atoms with Gasteiger partial charge in [-0.15, -0.1) is 11.3 Å². The minimum Gasteiger partial charge on any atom is -0.369 e. The normalized spacial score (nSPS) is 15.0. The maximum atomic E-state index is 12.2. The number of rotatable bonds is 6. The molecule has 0 radical (unpaired) electrons. The molecule has 1 fully saturated rings. The largest absolute Gasteiger partial charge is 0.369 e. The van der Waals surface area contributed by atoms with Crippen molar-refractivity contribution in [1.82, 2.24) is 15.3 Å². The minimum absolute atomic E-state index is 0.119.